The molecule has 0 bridgehead atoms. The van der Waals surface area contributed by atoms with Gasteiger partial charge in [0.05, 0.1) is 12.0 Å². The standard InChI is InChI=1S/C14H12N2OS/c1-17-11-7-6-9-4-2-3-5-10(9)13(11)12-8-16-14(15)18-12/h2-8H,1H3,(H2,15,16). The van der Waals surface area contributed by atoms with Gasteiger partial charge in [-0.05, 0) is 16.8 Å². The van der Waals surface area contributed by atoms with Crippen LogP contribution in [0.3, 0.4) is 0 Å². The van der Waals surface area contributed by atoms with Gasteiger partial charge in [-0.2, -0.15) is 0 Å². The van der Waals surface area contributed by atoms with Crippen LogP contribution in [0.4, 0.5) is 5.13 Å². The molecule has 1 aromatic heterocycles. The lowest BCUT2D eigenvalue weighted by atomic mass is 10.0. The quantitative estimate of drug-likeness (QED) is 0.762. The third-order valence-electron chi connectivity index (χ3n) is 2.88. The molecule has 1 heterocycles. The number of benzene rings is 2. The van der Waals surface area contributed by atoms with Gasteiger partial charge in [-0.1, -0.05) is 41.7 Å². The Morgan fingerprint density at radius 1 is 1.17 bits per heavy atom. The predicted molar refractivity (Wildman–Crippen MR) is 76.0 cm³/mol. The topological polar surface area (TPSA) is 48.1 Å². The highest BCUT2D eigenvalue weighted by Gasteiger charge is 2.12. The molecule has 0 aliphatic carbocycles. The van der Waals surface area contributed by atoms with E-state index >= 15 is 0 Å². The van der Waals surface area contributed by atoms with Crippen molar-refractivity contribution in [3.63, 3.8) is 0 Å². The summed E-state index contributed by atoms with van der Waals surface area (Å²) in [6.07, 6.45) is 1.80. The first kappa shape index (κ1) is 11.0. The Labute approximate surface area is 109 Å². The van der Waals surface area contributed by atoms with Crippen LogP contribution in [0.1, 0.15) is 0 Å². The normalized spacial score (nSPS) is 10.7. The van der Waals surface area contributed by atoms with Crippen LogP contribution in [-0.2, 0) is 0 Å². The first-order valence-electron chi connectivity index (χ1n) is 5.57. The van der Waals surface area contributed by atoms with E-state index < -0.39 is 0 Å². The summed E-state index contributed by atoms with van der Waals surface area (Å²) in [6.45, 7) is 0. The molecule has 3 aromatic rings. The van der Waals surface area contributed by atoms with Crippen LogP contribution in [0, 0.1) is 0 Å². The van der Waals surface area contributed by atoms with Gasteiger partial charge in [0.25, 0.3) is 0 Å². The van der Waals surface area contributed by atoms with Crippen LogP contribution >= 0.6 is 11.3 Å². The van der Waals surface area contributed by atoms with Gasteiger partial charge in [0.15, 0.2) is 5.13 Å². The van der Waals surface area contributed by atoms with Crippen LogP contribution in [0.5, 0.6) is 5.75 Å². The van der Waals surface area contributed by atoms with Crippen molar-refractivity contribution in [3.05, 3.63) is 42.6 Å². The molecule has 0 aliphatic rings. The van der Waals surface area contributed by atoms with E-state index in [-0.39, 0.29) is 0 Å². The highest BCUT2D eigenvalue weighted by atomic mass is 32.1. The van der Waals surface area contributed by atoms with E-state index in [1.54, 1.807) is 13.3 Å². The SMILES string of the molecule is COc1ccc2ccccc2c1-c1cnc(N)s1. The molecule has 0 saturated heterocycles. The molecule has 0 fully saturated rings. The van der Waals surface area contributed by atoms with Crippen molar-refractivity contribution in [2.75, 3.05) is 12.8 Å². The number of nitrogen functional groups attached to an aromatic ring is 1. The number of fused-ring (bicyclic) bond motifs is 1. The van der Waals surface area contributed by atoms with Crippen molar-refractivity contribution in [2.24, 2.45) is 0 Å². The fraction of sp³-hybridized carbons (Fsp3) is 0.0714. The molecule has 0 spiro atoms. The Morgan fingerprint density at radius 2 is 2.00 bits per heavy atom. The molecule has 0 atom stereocenters. The van der Waals surface area contributed by atoms with E-state index in [2.05, 4.69) is 23.2 Å². The minimum Gasteiger partial charge on any atom is -0.496 e. The van der Waals surface area contributed by atoms with Gasteiger partial charge in [0, 0.05) is 11.8 Å². The minimum absolute atomic E-state index is 0.569. The number of nitrogens with two attached hydrogens (primary N) is 1. The summed E-state index contributed by atoms with van der Waals surface area (Å²) in [5.74, 6) is 0.845. The third kappa shape index (κ3) is 1.71. The summed E-state index contributed by atoms with van der Waals surface area (Å²) < 4.78 is 5.46. The second kappa shape index (κ2) is 4.31. The molecule has 3 nitrogen and oxygen atoms in total. The molecule has 2 aromatic carbocycles. The molecule has 0 aliphatic heterocycles. The number of aromatic nitrogens is 1. The Bertz CT molecular complexity index is 706. The van der Waals surface area contributed by atoms with Gasteiger partial charge in [-0.3, -0.25) is 0 Å². The molecule has 0 unspecified atom stereocenters. The number of hydrogen-bond donors (Lipinski definition) is 1. The Balaban J connectivity index is 2.37. The first-order valence-corrected chi connectivity index (χ1v) is 6.38. The van der Waals surface area contributed by atoms with Gasteiger partial charge in [-0.15, -0.1) is 0 Å². The van der Waals surface area contributed by atoms with E-state index in [0.29, 0.717) is 5.13 Å². The summed E-state index contributed by atoms with van der Waals surface area (Å²) in [5, 5.41) is 2.90. The third-order valence-corrected chi connectivity index (χ3v) is 3.72. The lowest BCUT2D eigenvalue weighted by Crippen LogP contribution is -1.88. The van der Waals surface area contributed by atoms with Crippen molar-refractivity contribution < 1.29 is 4.74 Å². The molecule has 2 N–H and O–H groups in total. The van der Waals surface area contributed by atoms with Crippen LogP contribution in [0.2, 0.25) is 0 Å². The molecular weight excluding hydrogens is 244 g/mol. The van der Waals surface area contributed by atoms with Gasteiger partial charge in [-0.25, -0.2) is 4.98 Å². The molecule has 0 radical (unpaired) electrons. The van der Waals surface area contributed by atoms with Crippen LogP contribution in [0.25, 0.3) is 21.2 Å². The van der Waals surface area contributed by atoms with Crippen molar-refractivity contribution in [3.8, 4) is 16.2 Å². The summed E-state index contributed by atoms with van der Waals surface area (Å²) in [5.41, 5.74) is 6.78. The van der Waals surface area contributed by atoms with E-state index in [1.165, 1.54) is 16.7 Å². The lowest BCUT2D eigenvalue weighted by molar-refractivity contribution is 0.417. The molecule has 18 heavy (non-hydrogen) atoms. The minimum atomic E-state index is 0.569. The van der Waals surface area contributed by atoms with Gasteiger partial charge in [0.1, 0.15) is 5.75 Å². The fourth-order valence-corrected chi connectivity index (χ4v) is 2.83. The zero-order valence-corrected chi connectivity index (χ0v) is 10.7. The second-order valence-corrected chi connectivity index (χ2v) is 4.99. The van der Waals surface area contributed by atoms with Crippen molar-refractivity contribution in [1.82, 2.24) is 4.98 Å². The molecule has 0 saturated carbocycles. The summed E-state index contributed by atoms with van der Waals surface area (Å²) in [6, 6.07) is 12.3. The summed E-state index contributed by atoms with van der Waals surface area (Å²) >= 11 is 1.47. The molecule has 3 rings (SSSR count). The van der Waals surface area contributed by atoms with E-state index in [9.17, 15) is 0 Å². The Hall–Kier alpha value is -2.07. The highest BCUT2D eigenvalue weighted by Crippen LogP contribution is 2.39. The van der Waals surface area contributed by atoms with Gasteiger partial charge >= 0.3 is 0 Å². The largest absolute Gasteiger partial charge is 0.496 e. The molecular formula is C14H12N2OS. The Morgan fingerprint density at radius 3 is 2.72 bits per heavy atom. The van der Waals surface area contributed by atoms with Crippen LogP contribution in [-0.4, -0.2) is 12.1 Å². The van der Waals surface area contributed by atoms with E-state index in [1.807, 2.05) is 18.2 Å². The van der Waals surface area contributed by atoms with Crippen molar-refractivity contribution >= 4 is 27.2 Å². The van der Waals surface area contributed by atoms with Crippen LogP contribution in [0.15, 0.2) is 42.6 Å². The van der Waals surface area contributed by atoms with Gasteiger partial charge in [0.2, 0.25) is 0 Å². The zero-order chi connectivity index (χ0) is 12.5. The fourth-order valence-electron chi connectivity index (χ4n) is 2.08. The maximum atomic E-state index is 5.72. The number of ether oxygens (including phenoxy) is 1. The van der Waals surface area contributed by atoms with E-state index in [0.717, 1.165) is 21.6 Å². The number of nitrogens with zero attached hydrogens (tertiary/aromatic N) is 1. The number of thiazole rings is 1. The number of anilines is 1. The maximum absolute atomic E-state index is 5.72. The smallest absolute Gasteiger partial charge is 0.180 e. The molecule has 90 valence electrons. The lowest BCUT2D eigenvalue weighted by Gasteiger charge is -2.10. The maximum Gasteiger partial charge on any atom is 0.180 e. The first-order chi connectivity index (χ1) is 8.79. The predicted octanol–water partition coefficient (Wildman–Crippen LogP) is 3.55. The van der Waals surface area contributed by atoms with E-state index in [4.69, 9.17) is 10.5 Å². The average molecular weight is 256 g/mol. The summed E-state index contributed by atoms with van der Waals surface area (Å²) in [7, 11) is 1.68. The monoisotopic (exact) mass is 256 g/mol. The Kier molecular flexibility index (Phi) is 2.64. The second-order valence-electron chi connectivity index (χ2n) is 3.93. The zero-order valence-electron chi connectivity index (χ0n) is 9.88. The molecule has 4 heteroatoms. The number of rotatable bonds is 2. The average Bonchev–Trinajstić information content (AvgIpc) is 2.83. The van der Waals surface area contributed by atoms with Crippen molar-refractivity contribution in [2.45, 2.75) is 0 Å². The number of hydrogen-bond acceptors (Lipinski definition) is 4. The highest BCUT2D eigenvalue weighted by molar-refractivity contribution is 7.18. The molecule has 0 amide bonds. The van der Waals surface area contributed by atoms with Crippen molar-refractivity contribution in [1.29, 1.82) is 0 Å². The number of methoxy groups -OCH3 is 1. The van der Waals surface area contributed by atoms with Crippen LogP contribution < -0.4 is 10.5 Å². The van der Waals surface area contributed by atoms with Gasteiger partial charge < -0.3 is 10.5 Å². The summed E-state index contributed by atoms with van der Waals surface area (Å²) in [4.78, 5) is 5.14.